The maximum atomic E-state index is 12.7. The summed E-state index contributed by atoms with van der Waals surface area (Å²) in [6.07, 6.45) is 1.54. The van der Waals surface area contributed by atoms with Gasteiger partial charge in [0.1, 0.15) is 11.5 Å². The largest absolute Gasteiger partial charge is 0.298 e. The van der Waals surface area contributed by atoms with Gasteiger partial charge in [0.05, 0.1) is 6.20 Å². The molecule has 1 aromatic rings. The molecule has 0 N–H and O–H groups in total. The van der Waals surface area contributed by atoms with E-state index in [0.717, 1.165) is 25.0 Å². The molecule has 1 aliphatic heterocycles. The number of nitrogens with zero attached hydrogens (tertiary/aromatic N) is 2. The first-order valence-electron chi connectivity index (χ1n) is 6.58. The summed E-state index contributed by atoms with van der Waals surface area (Å²) in [6, 6.07) is 3.23. The van der Waals surface area contributed by atoms with E-state index in [1.807, 2.05) is 11.8 Å². The van der Waals surface area contributed by atoms with Crippen molar-refractivity contribution < 1.29 is 9.18 Å². The van der Waals surface area contributed by atoms with Gasteiger partial charge in [-0.1, -0.05) is 6.92 Å². The van der Waals surface area contributed by atoms with Crippen LogP contribution in [0.5, 0.6) is 0 Å². The Hall–Kier alpha value is -0.940. The highest BCUT2D eigenvalue weighted by Crippen LogP contribution is 2.24. The fourth-order valence-corrected chi connectivity index (χ4v) is 3.39. The van der Waals surface area contributed by atoms with Gasteiger partial charge in [-0.25, -0.2) is 4.39 Å². The summed E-state index contributed by atoms with van der Waals surface area (Å²) < 4.78 is 12.7. The second-order valence-electron chi connectivity index (χ2n) is 4.89. The van der Waals surface area contributed by atoms with E-state index in [4.69, 9.17) is 0 Å². The third-order valence-electron chi connectivity index (χ3n) is 3.65. The topological polar surface area (TPSA) is 33.2 Å². The molecule has 1 aromatic heterocycles. The third-order valence-corrected chi connectivity index (χ3v) is 4.99. The molecular weight excluding hydrogens is 263 g/mol. The van der Waals surface area contributed by atoms with E-state index in [2.05, 4.69) is 23.7 Å². The molecule has 3 nitrogen and oxygen atoms in total. The second-order valence-corrected chi connectivity index (χ2v) is 6.37. The van der Waals surface area contributed by atoms with E-state index in [1.54, 1.807) is 0 Å². The van der Waals surface area contributed by atoms with Crippen LogP contribution in [0, 0.1) is 5.82 Å². The van der Waals surface area contributed by atoms with Gasteiger partial charge in [0.15, 0.2) is 5.78 Å². The van der Waals surface area contributed by atoms with Gasteiger partial charge in [-0.05, 0) is 19.1 Å². The number of Topliss-reactive ketones (excluding diaryl/α,β-unsaturated/α-hetero) is 1. The first-order valence-corrected chi connectivity index (χ1v) is 7.63. The minimum Gasteiger partial charge on any atom is -0.298 e. The molecule has 104 valence electrons. The van der Waals surface area contributed by atoms with Crippen LogP contribution in [0.25, 0.3) is 0 Å². The van der Waals surface area contributed by atoms with Crippen LogP contribution >= 0.6 is 11.8 Å². The van der Waals surface area contributed by atoms with Gasteiger partial charge in [0.2, 0.25) is 0 Å². The van der Waals surface area contributed by atoms with Crippen molar-refractivity contribution >= 4 is 17.5 Å². The number of carbonyl (C=O) groups is 1. The zero-order valence-corrected chi connectivity index (χ0v) is 12.1. The molecule has 1 fully saturated rings. The average molecular weight is 282 g/mol. The third kappa shape index (κ3) is 3.76. The van der Waals surface area contributed by atoms with Crippen molar-refractivity contribution in [2.24, 2.45) is 0 Å². The summed E-state index contributed by atoms with van der Waals surface area (Å²) in [6.45, 7) is 6.21. The first-order chi connectivity index (χ1) is 9.08. The van der Waals surface area contributed by atoms with E-state index < -0.39 is 5.82 Å². The minimum atomic E-state index is -0.410. The number of rotatable bonds is 4. The van der Waals surface area contributed by atoms with E-state index in [0.29, 0.717) is 23.4 Å². The summed E-state index contributed by atoms with van der Waals surface area (Å²) in [4.78, 5) is 18.1. The molecule has 0 aromatic carbocycles. The summed E-state index contributed by atoms with van der Waals surface area (Å²) >= 11 is 1.98. The average Bonchev–Trinajstić information content (AvgIpc) is 2.41. The highest BCUT2D eigenvalue weighted by Gasteiger charge is 2.25. The van der Waals surface area contributed by atoms with Crippen molar-refractivity contribution in [1.29, 1.82) is 0 Å². The lowest BCUT2D eigenvalue weighted by molar-refractivity contribution is 0.0949. The molecule has 0 spiro atoms. The second kappa shape index (κ2) is 6.48. The highest BCUT2D eigenvalue weighted by molar-refractivity contribution is 8.00. The van der Waals surface area contributed by atoms with Crippen molar-refractivity contribution in [2.45, 2.75) is 31.6 Å². The van der Waals surface area contributed by atoms with Crippen molar-refractivity contribution in [3.8, 4) is 0 Å². The minimum absolute atomic E-state index is 0.0157. The Kier molecular flexibility index (Phi) is 4.93. The Morgan fingerprint density at radius 1 is 1.53 bits per heavy atom. The molecule has 0 saturated carbocycles. The fourth-order valence-electron chi connectivity index (χ4n) is 2.23. The van der Waals surface area contributed by atoms with Crippen LogP contribution in [0.1, 0.15) is 30.8 Å². The maximum Gasteiger partial charge on any atom is 0.182 e. The van der Waals surface area contributed by atoms with E-state index >= 15 is 0 Å². The first kappa shape index (κ1) is 14.5. The Labute approximate surface area is 117 Å². The summed E-state index contributed by atoms with van der Waals surface area (Å²) in [5.74, 6) is 0.694. The SMILES string of the molecule is CC1SCCN(CCC(=O)c2ccc(F)cn2)C1C. The lowest BCUT2D eigenvalue weighted by Gasteiger charge is -2.37. The molecule has 0 bridgehead atoms. The molecular formula is C14H19FN2OS. The number of carbonyl (C=O) groups excluding carboxylic acids is 1. The monoisotopic (exact) mass is 282 g/mol. The van der Waals surface area contributed by atoms with Crippen molar-refractivity contribution in [3.63, 3.8) is 0 Å². The lowest BCUT2D eigenvalue weighted by atomic mass is 10.1. The van der Waals surface area contributed by atoms with E-state index in [1.165, 1.54) is 12.1 Å². The molecule has 0 radical (unpaired) electrons. The molecule has 0 aliphatic carbocycles. The van der Waals surface area contributed by atoms with Crippen LogP contribution in [0.15, 0.2) is 18.3 Å². The fraction of sp³-hybridized carbons (Fsp3) is 0.571. The van der Waals surface area contributed by atoms with Crippen LogP contribution in [0.3, 0.4) is 0 Å². The van der Waals surface area contributed by atoms with Crippen LogP contribution in [0.4, 0.5) is 4.39 Å². The summed E-state index contributed by atoms with van der Waals surface area (Å²) in [5, 5.41) is 0.604. The number of pyridine rings is 1. The Morgan fingerprint density at radius 3 is 3.00 bits per heavy atom. The summed E-state index contributed by atoms with van der Waals surface area (Å²) in [5.41, 5.74) is 0.355. The summed E-state index contributed by atoms with van der Waals surface area (Å²) in [7, 11) is 0. The number of halogens is 1. The Morgan fingerprint density at radius 2 is 2.32 bits per heavy atom. The molecule has 2 atom stereocenters. The van der Waals surface area contributed by atoms with Gasteiger partial charge in [0, 0.05) is 36.6 Å². The van der Waals surface area contributed by atoms with Crippen LogP contribution in [0.2, 0.25) is 0 Å². The number of thioether (sulfide) groups is 1. The standard InChI is InChI=1S/C14H19FN2OS/c1-10-11(2)19-8-7-17(10)6-5-14(18)13-4-3-12(15)9-16-13/h3-4,9-11H,5-8H2,1-2H3. The number of aromatic nitrogens is 1. The number of hydrogen-bond acceptors (Lipinski definition) is 4. The molecule has 19 heavy (non-hydrogen) atoms. The van der Waals surface area contributed by atoms with Gasteiger partial charge in [-0.2, -0.15) is 11.8 Å². The number of hydrogen-bond donors (Lipinski definition) is 0. The molecule has 2 rings (SSSR count). The quantitative estimate of drug-likeness (QED) is 0.795. The zero-order chi connectivity index (χ0) is 13.8. The van der Waals surface area contributed by atoms with Crippen LogP contribution in [-0.4, -0.2) is 45.8 Å². The van der Waals surface area contributed by atoms with Gasteiger partial charge in [0.25, 0.3) is 0 Å². The lowest BCUT2D eigenvalue weighted by Crippen LogP contribution is -2.45. The highest BCUT2D eigenvalue weighted by atomic mass is 32.2. The molecule has 2 heterocycles. The maximum absolute atomic E-state index is 12.7. The molecule has 2 unspecified atom stereocenters. The smallest absolute Gasteiger partial charge is 0.182 e. The predicted molar refractivity (Wildman–Crippen MR) is 76.1 cm³/mol. The molecule has 1 saturated heterocycles. The van der Waals surface area contributed by atoms with E-state index in [9.17, 15) is 9.18 Å². The van der Waals surface area contributed by atoms with Crippen molar-refractivity contribution in [1.82, 2.24) is 9.88 Å². The predicted octanol–water partition coefficient (Wildman–Crippen LogP) is 2.62. The van der Waals surface area contributed by atoms with Gasteiger partial charge < -0.3 is 0 Å². The Balaban J connectivity index is 1.88. The van der Waals surface area contributed by atoms with E-state index in [-0.39, 0.29) is 5.78 Å². The van der Waals surface area contributed by atoms with Crippen LogP contribution in [-0.2, 0) is 0 Å². The molecule has 5 heteroatoms. The molecule has 1 aliphatic rings. The number of ketones is 1. The van der Waals surface area contributed by atoms with Crippen molar-refractivity contribution in [3.05, 3.63) is 29.8 Å². The Bertz CT molecular complexity index is 438. The van der Waals surface area contributed by atoms with Gasteiger partial charge in [-0.3, -0.25) is 14.7 Å². The zero-order valence-electron chi connectivity index (χ0n) is 11.3. The normalized spacial score (nSPS) is 24.4. The van der Waals surface area contributed by atoms with Crippen LogP contribution < -0.4 is 0 Å². The van der Waals surface area contributed by atoms with Gasteiger partial charge in [-0.15, -0.1) is 0 Å². The molecule has 0 amide bonds. The van der Waals surface area contributed by atoms with Gasteiger partial charge >= 0.3 is 0 Å². The van der Waals surface area contributed by atoms with Crippen molar-refractivity contribution in [2.75, 3.05) is 18.8 Å².